The molecule has 136 valence electrons. The topological polar surface area (TPSA) is 68.5 Å². The van der Waals surface area contributed by atoms with E-state index in [1.165, 1.54) is 11.3 Å². The Morgan fingerprint density at radius 3 is 2.85 bits per heavy atom. The molecule has 0 radical (unpaired) electrons. The first kappa shape index (κ1) is 17.2. The van der Waals surface area contributed by atoms with Crippen molar-refractivity contribution in [3.05, 3.63) is 76.7 Å². The molecule has 1 aromatic carbocycles. The Labute approximate surface area is 160 Å². The number of thiazole rings is 1. The van der Waals surface area contributed by atoms with Gasteiger partial charge in [-0.2, -0.15) is 0 Å². The first-order valence-electron chi connectivity index (χ1n) is 8.48. The molecule has 0 unspecified atom stereocenters. The molecule has 1 N–H and O–H groups in total. The number of aromatic nitrogens is 3. The lowest BCUT2D eigenvalue weighted by Crippen LogP contribution is -2.13. The van der Waals surface area contributed by atoms with Gasteiger partial charge in [0.1, 0.15) is 18.0 Å². The average Bonchev–Trinajstić information content (AvgIpc) is 3.25. The second-order valence-electron chi connectivity index (χ2n) is 6.22. The first-order chi connectivity index (χ1) is 13.1. The van der Waals surface area contributed by atoms with Crippen LogP contribution < -0.4 is 10.1 Å². The Balaban J connectivity index is 1.51. The number of nitrogens with zero attached hydrogens (tertiary/aromatic N) is 3. The number of hydrogen-bond donors (Lipinski definition) is 1. The zero-order valence-corrected chi connectivity index (χ0v) is 15.8. The summed E-state index contributed by atoms with van der Waals surface area (Å²) in [5, 5.41) is 3.39. The van der Waals surface area contributed by atoms with E-state index >= 15 is 0 Å². The number of imidazole rings is 1. The smallest absolute Gasteiger partial charge is 0.261 e. The van der Waals surface area contributed by atoms with Crippen molar-refractivity contribution >= 4 is 28.0 Å². The van der Waals surface area contributed by atoms with Gasteiger partial charge in [0.25, 0.3) is 5.91 Å². The number of aryl methyl sites for hydroxylation is 2. The SMILES string of the molecule is Cc1ccc2nc(COc3ccccc3C(=O)Nc3ncc(C)s3)cn2c1. The number of pyridine rings is 1. The van der Waals surface area contributed by atoms with E-state index in [-0.39, 0.29) is 12.5 Å². The lowest BCUT2D eigenvalue weighted by molar-refractivity contribution is 0.102. The van der Waals surface area contributed by atoms with Gasteiger partial charge in [-0.15, -0.1) is 11.3 Å². The van der Waals surface area contributed by atoms with E-state index in [4.69, 9.17) is 4.74 Å². The summed E-state index contributed by atoms with van der Waals surface area (Å²) in [6.07, 6.45) is 5.68. The van der Waals surface area contributed by atoms with Crippen LogP contribution in [0.5, 0.6) is 5.75 Å². The summed E-state index contributed by atoms with van der Waals surface area (Å²) in [6.45, 7) is 4.26. The van der Waals surface area contributed by atoms with E-state index in [1.807, 2.05) is 54.9 Å². The van der Waals surface area contributed by atoms with Gasteiger partial charge in [0, 0.05) is 23.5 Å². The summed E-state index contributed by atoms with van der Waals surface area (Å²) >= 11 is 1.43. The van der Waals surface area contributed by atoms with Crippen LogP contribution in [0, 0.1) is 13.8 Å². The minimum atomic E-state index is -0.245. The van der Waals surface area contributed by atoms with Crippen LogP contribution in [0.15, 0.2) is 55.0 Å². The Hall–Kier alpha value is -3.19. The van der Waals surface area contributed by atoms with E-state index in [1.54, 1.807) is 18.3 Å². The largest absolute Gasteiger partial charge is 0.486 e. The fourth-order valence-electron chi connectivity index (χ4n) is 2.73. The van der Waals surface area contributed by atoms with Crippen molar-refractivity contribution in [2.75, 3.05) is 5.32 Å². The summed E-state index contributed by atoms with van der Waals surface area (Å²) in [5.41, 5.74) is 3.28. The molecule has 7 heteroatoms. The van der Waals surface area contributed by atoms with Crippen LogP contribution >= 0.6 is 11.3 Å². The molecule has 4 aromatic rings. The molecule has 6 nitrogen and oxygen atoms in total. The highest BCUT2D eigenvalue weighted by Crippen LogP contribution is 2.23. The van der Waals surface area contributed by atoms with Crippen molar-refractivity contribution < 1.29 is 9.53 Å². The second-order valence-corrected chi connectivity index (χ2v) is 7.45. The summed E-state index contributed by atoms with van der Waals surface area (Å²) in [7, 11) is 0. The molecule has 1 amide bonds. The van der Waals surface area contributed by atoms with Crippen molar-refractivity contribution in [1.82, 2.24) is 14.4 Å². The maximum Gasteiger partial charge on any atom is 0.261 e. The lowest BCUT2D eigenvalue weighted by atomic mass is 10.2. The number of benzene rings is 1. The highest BCUT2D eigenvalue weighted by molar-refractivity contribution is 7.15. The third-order valence-corrected chi connectivity index (χ3v) is 4.83. The van der Waals surface area contributed by atoms with Crippen LogP contribution in [0.2, 0.25) is 0 Å². The molecule has 4 rings (SSSR count). The lowest BCUT2D eigenvalue weighted by Gasteiger charge is -2.09. The minimum Gasteiger partial charge on any atom is -0.486 e. The van der Waals surface area contributed by atoms with E-state index in [9.17, 15) is 4.79 Å². The number of ether oxygens (including phenoxy) is 1. The summed E-state index contributed by atoms with van der Waals surface area (Å²) in [4.78, 5) is 22.3. The van der Waals surface area contributed by atoms with E-state index < -0.39 is 0 Å². The summed E-state index contributed by atoms with van der Waals surface area (Å²) in [6, 6.07) is 11.2. The molecular formula is C20H18N4O2S. The second kappa shape index (κ2) is 7.20. The zero-order chi connectivity index (χ0) is 18.8. The maximum absolute atomic E-state index is 12.6. The molecule has 3 aromatic heterocycles. The molecule has 0 saturated heterocycles. The minimum absolute atomic E-state index is 0.245. The van der Waals surface area contributed by atoms with Crippen LogP contribution in [-0.4, -0.2) is 20.3 Å². The Morgan fingerprint density at radius 1 is 1.19 bits per heavy atom. The third-order valence-electron chi connectivity index (χ3n) is 4.00. The molecule has 0 aliphatic carbocycles. The van der Waals surface area contributed by atoms with Gasteiger partial charge in [0.15, 0.2) is 5.13 Å². The van der Waals surface area contributed by atoms with Gasteiger partial charge >= 0.3 is 0 Å². The van der Waals surface area contributed by atoms with Gasteiger partial charge in [0.05, 0.1) is 11.3 Å². The highest BCUT2D eigenvalue weighted by atomic mass is 32.1. The molecule has 0 spiro atoms. The van der Waals surface area contributed by atoms with Crippen molar-refractivity contribution in [1.29, 1.82) is 0 Å². The number of carbonyl (C=O) groups is 1. The Bertz CT molecular complexity index is 1120. The summed E-state index contributed by atoms with van der Waals surface area (Å²) < 4.78 is 7.86. The Kier molecular flexibility index (Phi) is 4.60. The van der Waals surface area contributed by atoms with Gasteiger partial charge in [0.2, 0.25) is 0 Å². The van der Waals surface area contributed by atoms with Crippen molar-refractivity contribution in [3.63, 3.8) is 0 Å². The molecule has 0 saturated carbocycles. The number of hydrogen-bond acceptors (Lipinski definition) is 5. The maximum atomic E-state index is 12.6. The van der Waals surface area contributed by atoms with Crippen molar-refractivity contribution in [2.24, 2.45) is 0 Å². The highest BCUT2D eigenvalue weighted by Gasteiger charge is 2.14. The van der Waals surface area contributed by atoms with E-state index in [0.717, 1.165) is 21.8 Å². The zero-order valence-electron chi connectivity index (χ0n) is 15.0. The van der Waals surface area contributed by atoms with Crippen molar-refractivity contribution in [2.45, 2.75) is 20.5 Å². The fraction of sp³-hybridized carbons (Fsp3) is 0.150. The van der Waals surface area contributed by atoms with Gasteiger partial charge < -0.3 is 9.14 Å². The van der Waals surface area contributed by atoms with Gasteiger partial charge in [-0.1, -0.05) is 18.2 Å². The number of carbonyl (C=O) groups excluding carboxylic acids is 1. The molecule has 0 bridgehead atoms. The fourth-order valence-corrected chi connectivity index (χ4v) is 3.39. The van der Waals surface area contributed by atoms with Crippen LogP contribution in [0.3, 0.4) is 0 Å². The van der Waals surface area contributed by atoms with Gasteiger partial charge in [-0.3, -0.25) is 10.1 Å². The van der Waals surface area contributed by atoms with Crippen LogP contribution in [0.25, 0.3) is 5.65 Å². The standard InChI is InChI=1S/C20H18N4O2S/c1-13-7-8-18-22-15(11-24(18)10-13)12-26-17-6-4-3-5-16(17)19(25)23-20-21-9-14(2)27-20/h3-11H,12H2,1-2H3,(H,21,23,25). The molecular weight excluding hydrogens is 360 g/mol. The van der Waals surface area contributed by atoms with Gasteiger partial charge in [-0.25, -0.2) is 9.97 Å². The predicted octanol–water partition coefficient (Wildman–Crippen LogP) is 4.24. The number of para-hydroxylation sites is 1. The van der Waals surface area contributed by atoms with E-state index in [2.05, 4.69) is 15.3 Å². The first-order valence-corrected chi connectivity index (χ1v) is 9.30. The average molecular weight is 378 g/mol. The van der Waals surface area contributed by atoms with Crippen molar-refractivity contribution in [3.8, 4) is 5.75 Å². The van der Waals surface area contributed by atoms with Crippen LogP contribution in [-0.2, 0) is 6.61 Å². The number of amides is 1. The van der Waals surface area contributed by atoms with Crippen LogP contribution in [0.1, 0.15) is 26.5 Å². The molecule has 0 aliphatic rings. The normalized spacial score (nSPS) is 10.9. The molecule has 0 fully saturated rings. The quantitative estimate of drug-likeness (QED) is 0.564. The monoisotopic (exact) mass is 378 g/mol. The Morgan fingerprint density at radius 2 is 2.04 bits per heavy atom. The molecule has 27 heavy (non-hydrogen) atoms. The number of fused-ring (bicyclic) bond motifs is 1. The van der Waals surface area contributed by atoms with Gasteiger partial charge in [-0.05, 0) is 37.6 Å². The molecule has 0 aliphatic heterocycles. The third kappa shape index (κ3) is 3.83. The predicted molar refractivity (Wildman–Crippen MR) is 106 cm³/mol. The number of anilines is 1. The van der Waals surface area contributed by atoms with E-state index in [0.29, 0.717) is 16.4 Å². The molecule has 0 atom stereocenters. The number of rotatable bonds is 5. The molecule has 3 heterocycles. The summed E-state index contributed by atoms with van der Waals surface area (Å²) in [5.74, 6) is 0.266. The van der Waals surface area contributed by atoms with Crippen LogP contribution in [0.4, 0.5) is 5.13 Å². The number of nitrogens with one attached hydrogen (secondary N) is 1.